The molecule has 0 atom stereocenters. The van der Waals surface area contributed by atoms with Crippen molar-refractivity contribution in [1.29, 1.82) is 0 Å². The van der Waals surface area contributed by atoms with Gasteiger partial charge in [0, 0.05) is 11.1 Å². The average Bonchev–Trinajstić information content (AvgIpc) is 2.68. The minimum atomic E-state index is -0.945. The first-order valence-corrected chi connectivity index (χ1v) is 7.88. The van der Waals surface area contributed by atoms with Gasteiger partial charge in [-0.25, -0.2) is 14.8 Å². The summed E-state index contributed by atoms with van der Waals surface area (Å²) in [5.74, 6) is -0.945. The second-order valence-corrected chi connectivity index (χ2v) is 5.66. The Kier molecular flexibility index (Phi) is 3.71. The van der Waals surface area contributed by atoms with Crippen molar-refractivity contribution in [1.82, 2.24) is 9.97 Å². The second kappa shape index (κ2) is 6.17. The molecule has 4 heteroatoms. The molecular formula is C21H14N2O2. The number of rotatable bonds is 3. The Hall–Kier alpha value is -3.53. The molecule has 0 aliphatic heterocycles. The van der Waals surface area contributed by atoms with Crippen LogP contribution in [0.25, 0.3) is 33.5 Å². The molecular weight excluding hydrogens is 312 g/mol. The molecule has 0 aliphatic rings. The Morgan fingerprint density at radius 1 is 0.640 bits per heavy atom. The summed E-state index contributed by atoms with van der Waals surface area (Å²) in [6.45, 7) is 0. The van der Waals surface area contributed by atoms with Gasteiger partial charge in [-0.2, -0.15) is 0 Å². The predicted molar refractivity (Wildman–Crippen MR) is 97.4 cm³/mol. The third kappa shape index (κ3) is 2.85. The van der Waals surface area contributed by atoms with Crippen molar-refractivity contribution >= 4 is 17.0 Å². The molecule has 3 aromatic carbocycles. The van der Waals surface area contributed by atoms with Gasteiger partial charge in [0.2, 0.25) is 0 Å². The smallest absolute Gasteiger partial charge is 0.335 e. The van der Waals surface area contributed by atoms with E-state index in [9.17, 15) is 4.79 Å². The highest BCUT2D eigenvalue weighted by atomic mass is 16.4. The van der Waals surface area contributed by atoms with Gasteiger partial charge < -0.3 is 5.11 Å². The van der Waals surface area contributed by atoms with Gasteiger partial charge in [-0.1, -0.05) is 54.6 Å². The lowest BCUT2D eigenvalue weighted by Gasteiger charge is -2.10. The minimum Gasteiger partial charge on any atom is -0.478 e. The van der Waals surface area contributed by atoms with Crippen LogP contribution in [0.5, 0.6) is 0 Å². The van der Waals surface area contributed by atoms with Crippen LogP contribution >= 0.6 is 0 Å². The number of carbonyl (C=O) groups is 1. The molecule has 0 saturated heterocycles. The van der Waals surface area contributed by atoms with Crippen molar-refractivity contribution in [3.63, 3.8) is 0 Å². The average molecular weight is 326 g/mol. The monoisotopic (exact) mass is 326 g/mol. The molecule has 0 aliphatic carbocycles. The van der Waals surface area contributed by atoms with E-state index in [-0.39, 0.29) is 5.56 Å². The van der Waals surface area contributed by atoms with Crippen LogP contribution in [-0.2, 0) is 0 Å². The summed E-state index contributed by atoms with van der Waals surface area (Å²) in [6.07, 6.45) is 0. The third-order valence-electron chi connectivity index (χ3n) is 4.02. The van der Waals surface area contributed by atoms with Crippen molar-refractivity contribution in [2.45, 2.75) is 0 Å². The largest absolute Gasteiger partial charge is 0.478 e. The highest BCUT2D eigenvalue weighted by molar-refractivity contribution is 5.90. The summed E-state index contributed by atoms with van der Waals surface area (Å²) >= 11 is 0. The molecule has 120 valence electrons. The maximum Gasteiger partial charge on any atom is 0.335 e. The van der Waals surface area contributed by atoms with E-state index in [2.05, 4.69) is 0 Å². The maximum absolute atomic E-state index is 11.1. The zero-order valence-corrected chi connectivity index (χ0v) is 13.3. The van der Waals surface area contributed by atoms with Crippen LogP contribution in [0, 0.1) is 0 Å². The van der Waals surface area contributed by atoms with Crippen molar-refractivity contribution in [2.75, 3.05) is 0 Å². The number of carboxylic acids is 1. The van der Waals surface area contributed by atoms with Gasteiger partial charge in [-0.15, -0.1) is 0 Å². The number of fused-ring (bicyclic) bond motifs is 1. The number of benzene rings is 3. The van der Waals surface area contributed by atoms with Gasteiger partial charge >= 0.3 is 5.97 Å². The van der Waals surface area contributed by atoms with Gasteiger partial charge in [0.15, 0.2) is 0 Å². The number of aromatic carboxylic acids is 1. The number of carboxylic acid groups (broad SMARTS) is 1. The fraction of sp³-hybridized carbons (Fsp3) is 0. The summed E-state index contributed by atoms with van der Waals surface area (Å²) in [7, 11) is 0. The van der Waals surface area contributed by atoms with Crippen LogP contribution in [0.2, 0.25) is 0 Å². The van der Waals surface area contributed by atoms with Gasteiger partial charge in [0.25, 0.3) is 0 Å². The van der Waals surface area contributed by atoms with E-state index < -0.39 is 5.97 Å². The van der Waals surface area contributed by atoms with E-state index in [1.54, 1.807) is 24.3 Å². The van der Waals surface area contributed by atoms with Crippen LogP contribution < -0.4 is 0 Å². The molecule has 0 amide bonds. The van der Waals surface area contributed by atoms with E-state index >= 15 is 0 Å². The minimum absolute atomic E-state index is 0.249. The number of para-hydroxylation sites is 2. The van der Waals surface area contributed by atoms with Crippen LogP contribution in [0.15, 0.2) is 78.9 Å². The molecule has 1 N–H and O–H groups in total. The summed E-state index contributed by atoms with van der Waals surface area (Å²) in [5.41, 5.74) is 5.20. The molecule has 25 heavy (non-hydrogen) atoms. The summed E-state index contributed by atoms with van der Waals surface area (Å²) < 4.78 is 0. The van der Waals surface area contributed by atoms with Gasteiger partial charge in [-0.3, -0.25) is 0 Å². The van der Waals surface area contributed by atoms with Crippen molar-refractivity contribution in [3.05, 3.63) is 84.4 Å². The molecule has 0 unspecified atom stereocenters. The summed E-state index contributed by atoms with van der Waals surface area (Å²) in [5, 5.41) is 9.09. The Labute approximate surface area is 144 Å². The summed E-state index contributed by atoms with van der Waals surface area (Å²) in [6, 6.07) is 24.3. The highest BCUT2D eigenvalue weighted by Crippen LogP contribution is 2.30. The lowest BCUT2D eigenvalue weighted by Crippen LogP contribution is -1.97. The molecule has 1 heterocycles. The fourth-order valence-electron chi connectivity index (χ4n) is 2.77. The fourth-order valence-corrected chi connectivity index (χ4v) is 2.77. The van der Waals surface area contributed by atoms with Crippen molar-refractivity contribution in [3.8, 4) is 22.5 Å². The first kappa shape index (κ1) is 15.0. The van der Waals surface area contributed by atoms with Crippen molar-refractivity contribution in [2.24, 2.45) is 0 Å². The Balaban J connectivity index is 1.96. The first-order chi connectivity index (χ1) is 12.2. The SMILES string of the molecule is O=C(O)c1ccc(-c2nc3ccccc3nc2-c2ccccc2)cc1. The predicted octanol–water partition coefficient (Wildman–Crippen LogP) is 4.66. The molecule has 4 aromatic rings. The maximum atomic E-state index is 11.1. The number of hydrogen-bond donors (Lipinski definition) is 1. The molecule has 0 spiro atoms. The molecule has 0 fully saturated rings. The van der Waals surface area contributed by atoms with E-state index in [0.29, 0.717) is 0 Å². The Morgan fingerprint density at radius 3 is 1.64 bits per heavy atom. The lowest BCUT2D eigenvalue weighted by atomic mass is 10.0. The van der Waals surface area contributed by atoms with E-state index in [0.717, 1.165) is 33.5 Å². The highest BCUT2D eigenvalue weighted by Gasteiger charge is 2.13. The molecule has 4 rings (SSSR count). The summed E-state index contributed by atoms with van der Waals surface area (Å²) in [4.78, 5) is 20.7. The Bertz CT molecular complexity index is 1060. The van der Waals surface area contributed by atoms with Gasteiger partial charge in [0.1, 0.15) is 0 Å². The van der Waals surface area contributed by atoms with Crippen LogP contribution in [0.1, 0.15) is 10.4 Å². The van der Waals surface area contributed by atoms with Crippen molar-refractivity contribution < 1.29 is 9.90 Å². The third-order valence-corrected chi connectivity index (χ3v) is 4.02. The van der Waals surface area contributed by atoms with E-state index in [1.807, 2.05) is 54.6 Å². The zero-order chi connectivity index (χ0) is 17.2. The topological polar surface area (TPSA) is 63.1 Å². The number of hydrogen-bond acceptors (Lipinski definition) is 3. The first-order valence-electron chi connectivity index (χ1n) is 7.88. The van der Waals surface area contributed by atoms with Crippen LogP contribution in [0.4, 0.5) is 0 Å². The van der Waals surface area contributed by atoms with E-state index in [1.165, 1.54) is 0 Å². The van der Waals surface area contributed by atoms with E-state index in [4.69, 9.17) is 15.1 Å². The quantitative estimate of drug-likeness (QED) is 0.594. The molecule has 0 bridgehead atoms. The lowest BCUT2D eigenvalue weighted by molar-refractivity contribution is 0.0697. The molecule has 4 nitrogen and oxygen atoms in total. The number of aromatic nitrogens is 2. The molecule has 1 aromatic heterocycles. The van der Waals surface area contributed by atoms with Crippen LogP contribution in [0.3, 0.4) is 0 Å². The van der Waals surface area contributed by atoms with Gasteiger partial charge in [-0.05, 0) is 24.3 Å². The van der Waals surface area contributed by atoms with Crippen LogP contribution in [-0.4, -0.2) is 21.0 Å². The second-order valence-electron chi connectivity index (χ2n) is 5.66. The Morgan fingerprint density at radius 2 is 1.12 bits per heavy atom. The zero-order valence-electron chi connectivity index (χ0n) is 13.3. The molecule has 0 radical (unpaired) electrons. The van der Waals surface area contributed by atoms with Gasteiger partial charge in [0.05, 0.1) is 28.0 Å². The molecule has 0 saturated carbocycles. The normalized spacial score (nSPS) is 10.7. The number of nitrogens with zero attached hydrogens (tertiary/aromatic N) is 2. The standard InChI is InChI=1S/C21H14N2O2/c24-21(25)16-12-10-15(11-13-16)20-19(14-6-2-1-3-7-14)22-17-8-4-5-9-18(17)23-20/h1-13H,(H,24,25).